The van der Waals surface area contributed by atoms with Crippen LogP contribution in [0.25, 0.3) is 5.69 Å². The van der Waals surface area contributed by atoms with Crippen LogP contribution in [-0.2, 0) is 0 Å². The molecule has 0 fully saturated rings. The monoisotopic (exact) mass is 312 g/mol. The van der Waals surface area contributed by atoms with E-state index in [1.807, 2.05) is 36.7 Å². The summed E-state index contributed by atoms with van der Waals surface area (Å²) < 4.78 is 1.99. The second-order valence-corrected chi connectivity index (χ2v) is 6.67. The number of hydrogen-bond donors (Lipinski definition) is 1. The van der Waals surface area contributed by atoms with Gasteiger partial charge >= 0.3 is 0 Å². The molecule has 2 heterocycles. The third-order valence-electron chi connectivity index (χ3n) is 3.80. The highest BCUT2D eigenvalue weighted by Crippen LogP contribution is 2.30. The fourth-order valence-corrected chi connectivity index (χ4v) is 3.59. The van der Waals surface area contributed by atoms with Crippen LogP contribution in [-0.4, -0.2) is 21.3 Å². The Hall–Kier alpha value is -1.98. The van der Waals surface area contributed by atoms with Crippen LogP contribution in [0.15, 0.2) is 36.4 Å². The summed E-state index contributed by atoms with van der Waals surface area (Å²) in [7, 11) is 0. The first-order chi connectivity index (χ1) is 10.6. The zero-order valence-electron chi connectivity index (χ0n) is 13.1. The van der Waals surface area contributed by atoms with Crippen LogP contribution in [0.4, 0.5) is 0 Å². The third kappa shape index (κ3) is 2.69. The van der Waals surface area contributed by atoms with Gasteiger partial charge in [-0.05, 0) is 39.0 Å². The summed E-state index contributed by atoms with van der Waals surface area (Å²) in [6, 6.07) is 12.3. The molecule has 1 unspecified atom stereocenters. The number of para-hydroxylation sites is 1. The molecule has 0 radical (unpaired) electrons. The molecule has 0 saturated heterocycles. The van der Waals surface area contributed by atoms with Gasteiger partial charge in [-0.2, -0.15) is 5.10 Å². The molecule has 5 heteroatoms. The van der Waals surface area contributed by atoms with Crippen molar-refractivity contribution in [2.24, 2.45) is 5.73 Å². The molecule has 1 atom stereocenters. The van der Waals surface area contributed by atoms with Crippen molar-refractivity contribution in [3.63, 3.8) is 0 Å². The molecule has 0 aliphatic heterocycles. The van der Waals surface area contributed by atoms with Crippen molar-refractivity contribution in [2.75, 3.05) is 6.54 Å². The van der Waals surface area contributed by atoms with Crippen LogP contribution < -0.4 is 5.73 Å². The zero-order valence-corrected chi connectivity index (χ0v) is 13.9. The summed E-state index contributed by atoms with van der Waals surface area (Å²) in [5.41, 5.74) is 10.3. The summed E-state index contributed by atoms with van der Waals surface area (Å²) >= 11 is 1.72. The molecular weight excluding hydrogens is 292 g/mol. The van der Waals surface area contributed by atoms with Gasteiger partial charge in [-0.25, -0.2) is 9.67 Å². The zero-order chi connectivity index (χ0) is 15.7. The van der Waals surface area contributed by atoms with Crippen molar-refractivity contribution < 1.29 is 0 Å². The smallest absolute Gasteiger partial charge is 0.103 e. The van der Waals surface area contributed by atoms with Gasteiger partial charge in [0.2, 0.25) is 0 Å². The minimum absolute atomic E-state index is 0.0683. The van der Waals surface area contributed by atoms with Crippen molar-refractivity contribution >= 4 is 11.3 Å². The number of nitrogens with zero attached hydrogens (tertiary/aromatic N) is 3. The summed E-state index contributed by atoms with van der Waals surface area (Å²) in [5.74, 6) is 0.0683. The highest BCUT2D eigenvalue weighted by Gasteiger charge is 2.22. The Labute approximate surface area is 134 Å². The number of thiazole rings is 1. The lowest BCUT2D eigenvalue weighted by molar-refractivity contribution is 0.713. The standard InChI is InChI=1S/C17H20N4S/c1-11-9-16(21(20-11)14-7-5-4-6-8-14)15(10-18)17-19-12(2)13(3)22-17/h4-9,15H,10,18H2,1-3H3. The number of rotatable bonds is 4. The molecule has 3 aromatic rings. The SMILES string of the molecule is Cc1cc(C(CN)c2nc(C)c(C)s2)n(-c2ccccc2)n1. The predicted molar refractivity (Wildman–Crippen MR) is 90.8 cm³/mol. The molecule has 0 aliphatic carbocycles. The molecule has 2 aromatic heterocycles. The Morgan fingerprint density at radius 1 is 1.18 bits per heavy atom. The fraction of sp³-hybridized carbons (Fsp3) is 0.294. The normalized spacial score (nSPS) is 12.5. The van der Waals surface area contributed by atoms with Crippen molar-refractivity contribution in [3.8, 4) is 5.69 Å². The largest absolute Gasteiger partial charge is 0.329 e. The first kappa shape index (κ1) is 14.9. The molecule has 2 N–H and O–H groups in total. The fourth-order valence-electron chi connectivity index (χ4n) is 2.54. The Balaban J connectivity index is 2.10. The first-order valence-electron chi connectivity index (χ1n) is 7.36. The summed E-state index contributed by atoms with van der Waals surface area (Å²) in [6.45, 7) is 6.67. The van der Waals surface area contributed by atoms with E-state index >= 15 is 0 Å². The van der Waals surface area contributed by atoms with Crippen LogP contribution in [0.5, 0.6) is 0 Å². The molecule has 0 saturated carbocycles. The minimum atomic E-state index is 0.0683. The summed E-state index contributed by atoms with van der Waals surface area (Å²) in [6.07, 6.45) is 0. The number of hydrogen-bond acceptors (Lipinski definition) is 4. The number of benzene rings is 1. The second-order valence-electron chi connectivity index (χ2n) is 5.44. The van der Waals surface area contributed by atoms with Crippen molar-refractivity contribution in [3.05, 3.63) is 63.4 Å². The molecule has 1 aromatic carbocycles. The molecule has 0 bridgehead atoms. The van der Waals surface area contributed by atoms with Gasteiger partial charge in [0.1, 0.15) is 5.01 Å². The molecule has 0 amide bonds. The van der Waals surface area contributed by atoms with Gasteiger partial charge < -0.3 is 5.73 Å². The van der Waals surface area contributed by atoms with Crippen molar-refractivity contribution in [2.45, 2.75) is 26.7 Å². The summed E-state index contributed by atoms with van der Waals surface area (Å²) in [4.78, 5) is 5.95. The van der Waals surface area contributed by atoms with Gasteiger partial charge in [0.15, 0.2) is 0 Å². The number of nitrogens with two attached hydrogens (primary N) is 1. The quantitative estimate of drug-likeness (QED) is 0.804. The molecule has 3 rings (SSSR count). The maximum atomic E-state index is 6.08. The number of aromatic nitrogens is 3. The van der Waals surface area contributed by atoms with Gasteiger partial charge in [-0.3, -0.25) is 0 Å². The van der Waals surface area contributed by atoms with Gasteiger partial charge in [-0.1, -0.05) is 18.2 Å². The van der Waals surface area contributed by atoms with Crippen LogP contribution in [0, 0.1) is 20.8 Å². The Morgan fingerprint density at radius 3 is 2.50 bits per heavy atom. The van der Waals surface area contributed by atoms with Crippen LogP contribution in [0.1, 0.15) is 32.9 Å². The molecule has 0 spiro atoms. The predicted octanol–water partition coefficient (Wildman–Crippen LogP) is 3.34. The highest BCUT2D eigenvalue weighted by molar-refractivity contribution is 7.11. The van der Waals surface area contributed by atoms with Crippen LogP contribution in [0.3, 0.4) is 0 Å². The molecule has 114 valence electrons. The second kappa shape index (κ2) is 6.02. The molecule has 22 heavy (non-hydrogen) atoms. The molecule has 0 aliphatic rings. The van der Waals surface area contributed by atoms with Crippen LogP contribution >= 0.6 is 11.3 Å². The maximum absolute atomic E-state index is 6.08. The van der Waals surface area contributed by atoms with Gasteiger partial charge in [0, 0.05) is 11.4 Å². The van der Waals surface area contributed by atoms with Gasteiger partial charge in [0.05, 0.1) is 28.7 Å². The highest BCUT2D eigenvalue weighted by atomic mass is 32.1. The van der Waals surface area contributed by atoms with E-state index in [1.54, 1.807) is 11.3 Å². The third-order valence-corrected chi connectivity index (χ3v) is 4.98. The first-order valence-corrected chi connectivity index (χ1v) is 8.17. The van der Waals surface area contributed by atoms with E-state index in [1.165, 1.54) is 4.88 Å². The Bertz CT molecular complexity index is 754. The van der Waals surface area contributed by atoms with E-state index in [0.29, 0.717) is 6.54 Å². The van der Waals surface area contributed by atoms with Crippen molar-refractivity contribution in [1.82, 2.24) is 14.8 Å². The topological polar surface area (TPSA) is 56.7 Å². The van der Waals surface area contributed by atoms with Gasteiger partial charge in [0.25, 0.3) is 0 Å². The lowest BCUT2D eigenvalue weighted by Gasteiger charge is -2.14. The van der Waals surface area contributed by atoms with E-state index in [2.05, 4.69) is 30.2 Å². The lowest BCUT2D eigenvalue weighted by Crippen LogP contribution is -2.17. The average molecular weight is 312 g/mol. The Kier molecular flexibility index (Phi) is 4.09. The molecule has 4 nitrogen and oxygen atoms in total. The maximum Gasteiger partial charge on any atom is 0.103 e. The molecular formula is C17H20N4S. The van der Waals surface area contributed by atoms with E-state index in [4.69, 9.17) is 10.7 Å². The lowest BCUT2D eigenvalue weighted by atomic mass is 10.1. The van der Waals surface area contributed by atoms with Crippen LogP contribution in [0.2, 0.25) is 0 Å². The minimum Gasteiger partial charge on any atom is -0.329 e. The van der Waals surface area contributed by atoms with Crippen molar-refractivity contribution in [1.29, 1.82) is 0 Å². The van der Waals surface area contributed by atoms with E-state index < -0.39 is 0 Å². The Morgan fingerprint density at radius 2 is 1.91 bits per heavy atom. The van der Waals surface area contributed by atoms with Gasteiger partial charge in [-0.15, -0.1) is 11.3 Å². The van der Waals surface area contributed by atoms with E-state index in [0.717, 1.165) is 27.8 Å². The average Bonchev–Trinajstić information content (AvgIpc) is 3.05. The van der Waals surface area contributed by atoms with E-state index in [9.17, 15) is 0 Å². The van der Waals surface area contributed by atoms with E-state index in [-0.39, 0.29) is 5.92 Å². The number of aryl methyl sites for hydroxylation is 3. The summed E-state index contributed by atoms with van der Waals surface area (Å²) in [5, 5.41) is 5.71.